The molecule has 1 saturated heterocycles. The minimum atomic E-state index is -0.101. The summed E-state index contributed by atoms with van der Waals surface area (Å²) < 4.78 is 5.17. The van der Waals surface area contributed by atoms with Crippen molar-refractivity contribution >= 4 is 0 Å². The molecule has 0 bridgehead atoms. The highest BCUT2D eigenvalue weighted by atomic mass is 16.6. The number of aliphatic hydroxyl groups is 1. The second-order valence-corrected chi connectivity index (χ2v) is 2.59. The second kappa shape index (κ2) is 2.12. The first-order valence-corrected chi connectivity index (χ1v) is 3.12. The van der Waals surface area contributed by atoms with Crippen LogP contribution in [0.15, 0.2) is 12.7 Å². The molecular weight excluding hydrogens is 116 g/mol. The van der Waals surface area contributed by atoms with Gasteiger partial charge in [0, 0.05) is 0 Å². The lowest BCUT2D eigenvalue weighted by Gasteiger charge is -1.97. The van der Waals surface area contributed by atoms with E-state index in [0.29, 0.717) is 0 Å². The maximum absolute atomic E-state index is 8.61. The van der Waals surface area contributed by atoms with Gasteiger partial charge in [-0.3, -0.25) is 0 Å². The molecule has 0 saturated carbocycles. The van der Waals surface area contributed by atoms with Gasteiger partial charge in [-0.2, -0.15) is 0 Å². The van der Waals surface area contributed by atoms with Gasteiger partial charge >= 0.3 is 0 Å². The fourth-order valence-electron chi connectivity index (χ4n) is 0.987. The zero-order valence-corrected chi connectivity index (χ0v) is 5.63. The van der Waals surface area contributed by atoms with E-state index in [1.807, 2.05) is 13.0 Å². The van der Waals surface area contributed by atoms with Gasteiger partial charge in [-0.25, -0.2) is 0 Å². The Balaban J connectivity index is 2.32. The van der Waals surface area contributed by atoms with Crippen molar-refractivity contribution < 1.29 is 9.84 Å². The average Bonchev–Trinajstić information content (AvgIpc) is 2.43. The Morgan fingerprint density at radius 1 is 1.89 bits per heavy atom. The predicted molar refractivity (Wildman–Crippen MR) is 35.2 cm³/mol. The van der Waals surface area contributed by atoms with Crippen LogP contribution in [0, 0.1) is 0 Å². The normalized spacial score (nSPS) is 40.4. The maximum Gasteiger partial charge on any atom is 0.110 e. The van der Waals surface area contributed by atoms with Crippen molar-refractivity contribution in [2.45, 2.75) is 25.0 Å². The van der Waals surface area contributed by atoms with Crippen LogP contribution < -0.4 is 0 Å². The molecule has 0 spiro atoms. The third kappa shape index (κ3) is 1.14. The molecule has 0 aromatic heterocycles. The van der Waals surface area contributed by atoms with E-state index in [1.165, 1.54) is 0 Å². The Kier molecular flexibility index (Phi) is 1.60. The van der Waals surface area contributed by atoms with E-state index in [0.717, 1.165) is 6.42 Å². The molecule has 0 aromatic carbocycles. The summed E-state index contributed by atoms with van der Waals surface area (Å²) >= 11 is 0. The van der Waals surface area contributed by atoms with Crippen LogP contribution in [-0.2, 0) is 4.74 Å². The van der Waals surface area contributed by atoms with Crippen LogP contribution in [0.1, 0.15) is 13.3 Å². The molecule has 9 heavy (non-hydrogen) atoms. The molecule has 0 radical (unpaired) electrons. The van der Waals surface area contributed by atoms with Gasteiger partial charge in [0.15, 0.2) is 0 Å². The first-order chi connectivity index (χ1) is 4.23. The highest BCUT2D eigenvalue weighted by Crippen LogP contribution is 2.38. The Bertz CT molecular complexity index is 122. The fraction of sp³-hybridized carbons (Fsp3) is 0.714. The number of aliphatic hydroxyl groups excluding tert-OH is 1. The summed E-state index contributed by atoms with van der Waals surface area (Å²) in [7, 11) is 0. The Morgan fingerprint density at radius 2 is 2.56 bits per heavy atom. The largest absolute Gasteiger partial charge is 0.394 e. The van der Waals surface area contributed by atoms with E-state index in [-0.39, 0.29) is 18.3 Å². The van der Waals surface area contributed by atoms with E-state index < -0.39 is 0 Å². The van der Waals surface area contributed by atoms with Gasteiger partial charge in [-0.1, -0.05) is 6.08 Å². The van der Waals surface area contributed by atoms with Crippen molar-refractivity contribution in [1.82, 2.24) is 0 Å². The molecular formula is C7H12O2. The number of ether oxygens (including phenoxy) is 1. The van der Waals surface area contributed by atoms with Gasteiger partial charge in [0.1, 0.15) is 6.10 Å². The van der Waals surface area contributed by atoms with Crippen LogP contribution in [0.2, 0.25) is 0 Å². The minimum Gasteiger partial charge on any atom is -0.394 e. The van der Waals surface area contributed by atoms with Crippen LogP contribution in [-0.4, -0.2) is 23.4 Å². The molecule has 2 heteroatoms. The fourth-order valence-corrected chi connectivity index (χ4v) is 0.987. The summed E-state index contributed by atoms with van der Waals surface area (Å²) in [6.45, 7) is 5.70. The van der Waals surface area contributed by atoms with Crippen molar-refractivity contribution in [3.63, 3.8) is 0 Å². The third-order valence-electron chi connectivity index (χ3n) is 1.75. The Morgan fingerprint density at radius 3 is 2.89 bits per heavy atom. The molecule has 0 aliphatic carbocycles. The number of hydrogen-bond donors (Lipinski definition) is 1. The lowest BCUT2D eigenvalue weighted by molar-refractivity contribution is 0.237. The summed E-state index contributed by atoms with van der Waals surface area (Å²) in [6.07, 6.45) is 2.70. The molecule has 0 unspecified atom stereocenters. The van der Waals surface area contributed by atoms with Crippen molar-refractivity contribution in [2.24, 2.45) is 0 Å². The maximum atomic E-state index is 8.61. The van der Waals surface area contributed by atoms with E-state index in [9.17, 15) is 0 Å². The lowest BCUT2D eigenvalue weighted by Crippen LogP contribution is -2.10. The monoisotopic (exact) mass is 128 g/mol. The van der Waals surface area contributed by atoms with Crippen molar-refractivity contribution in [1.29, 1.82) is 0 Å². The van der Waals surface area contributed by atoms with Crippen LogP contribution in [0.3, 0.4) is 0 Å². The molecule has 0 amide bonds. The smallest absolute Gasteiger partial charge is 0.110 e. The van der Waals surface area contributed by atoms with Crippen LogP contribution in [0.25, 0.3) is 0 Å². The van der Waals surface area contributed by atoms with Crippen molar-refractivity contribution in [3.05, 3.63) is 12.7 Å². The van der Waals surface area contributed by atoms with Gasteiger partial charge in [-0.05, 0) is 13.3 Å². The van der Waals surface area contributed by atoms with E-state index in [2.05, 4.69) is 6.58 Å². The summed E-state index contributed by atoms with van der Waals surface area (Å²) in [5.41, 5.74) is -0.101. The van der Waals surface area contributed by atoms with Gasteiger partial charge in [-0.15, -0.1) is 6.58 Å². The molecule has 1 rings (SSSR count). The number of epoxide rings is 1. The van der Waals surface area contributed by atoms with Gasteiger partial charge < -0.3 is 9.84 Å². The second-order valence-electron chi connectivity index (χ2n) is 2.59. The first kappa shape index (κ1) is 6.78. The van der Waals surface area contributed by atoms with Crippen LogP contribution >= 0.6 is 0 Å². The zero-order chi connectivity index (χ0) is 6.91. The summed E-state index contributed by atoms with van der Waals surface area (Å²) in [5.74, 6) is 0. The quantitative estimate of drug-likeness (QED) is 0.448. The summed E-state index contributed by atoms with van der Waals surface area (Å²) in [6, 6.07) is 0. The van der Waals surface area contributed by atoms with Crippen molar-refractivity contribution in [3.8, 4) is 0 Å². The molecule has 2 nitrogen and oxygen atoms in total. The van der Waals surface area contributed by atoms with Crippen LogP contribution in [0.5, 0.6) is 0 Å². The van der Waals surface area contributed by atoms with E-state index in [1.54, 1.807) is 0 Å². The highest BCUT2D eigenvalue weighted by molar-refractivity contribution is 5.02. The first-order valence-electron chi connectivity index (χ1n) is 3.12. The highest BCUT2D eigenvalue weighted by Gasteiger charge is 2.50. The third-order valence-corrected chi connectivity index (χ3v) is 1.75. The molecule has 1 aliphatic heterocycles. The molecule has 52 valence electrons. The molecule has 0 aromatic rings. The molecule has 2 atom stereocenters. The number of rotatable bonds is 3. The summed E-state index contributed by atoms with van der Waals surface area (Å²) in [5, 5.41) is 8.61. The average molecular weight is 128 g/mol. The minimum absolute atomic E-state index is 0.0514. The van der Waals surface area contributed by atoms with Gasteiger partial charge in [0.25, 0.3) is 0 Å². The Labute approximate surface area is 55.1 Å². The van der Waals surface area contributed by atoms with Crippen molar-refractivity contribution in [2.75, 3.05) is 6.61 Å². The van der Waals surface area contributed by atoms with Crippen LogP contribution in [0.4, 0.5) is 0 Å². The van der Waals surface area contributed by atoms with E-state index in [4.69, 9.17) is 9.84 Å². The van der Waals surface area contributed by atoms with E-state index >= 15 is 0 Å². The van der Waals surface area contributed by atoms with Gasteiger partial charge in [0.05, 0.1) is 12.2 Å². The zero-order valence-electron chi connectivity index (χ0n) is 5.63. The standard InChI is InChI=1S/C7H12O2/c1-3-4-7(2)6(5-8)9-7/h3,6,8H,1,4-5H2,2H3/t6-,7-/m0/s1. The van der Waals surface area contributed by atoms with Gasteiger partial charge in [0.2, 0.25) is 0 Å². The Hall–Kier alpha value is -0.340. The summed E-state index contributed by atoms with van der Waals surface area (Å²) in [4.78, 5) is 0. The topological polar surface area (TPSA) is 32.8 Å². The molecule has 1 fully saturated rings. The predicted octanol–water partition coefficient (Wildman–Crippen LogP) is 0.712. The molecule has 1 aliphatic rings. The SMILES string of the molecule is C=CC[C@]1(C)O[C@H]1CO. The molecule has 1 heterocycles. The number of hydrogen-bond acceptors (Lipinski definition) is 2. The lowest BCUT2D eigenvalue weighted by atomic mass is 10.0. The molecule has 1 N–H and O–H groups in total.